The fourth-order valence-corrected chi connectivity index (χ4v) is 1.71. The van der Waals surface area contributed by atoms with Gasteiger partial charge in [-0.15, -0.1) is 0 Å². The van der Waals surface area contributed by atoms with Crippen LogP contribution in [0.25, 0.3) is 0 Å². The Bertz CT molecular complexity index is 279. The third-order valence-electron chi connectivity index (χ3n) is 2.47. The van der Waals surface area contributed by atoms with Crippen molar-refractivity contribution in [2.75, 3.05) is 19.8 Å². The van der Waals surface area contributed by atoms with Crippen LogP contribution in [-0.2, 0) is 11.5 Å². The molecule has 0 saturated carbocycles. The van der Waals surface area contributed by atoms with Crippen LogP contribution in [0.5, 0.6) is 0 Å². The molecule has 1 aromatic rings. The summed E-state index contributed by atoms with van der Waals surface area (Å²) in [5, 5.41) is 4.25. The van der Waals surface area contributed by atoms with E-state index >= 15 is 0 Å². The minimum Gasteiger partial charge on any atom is -0.344 e. The SMILES string of the molecule is Cc1ccn(COCN2CCCC2)n1. The minimum absolute atomic E-state index is 0.560. The molecule has 1 aromatic heterocycles. The van der Waals surface area contributed by atoms with E-state index in [0.717, 1.165) is 12.4 Å². The summed E-state index contributed by atoms with van der Waals surface area (Å²) in [4.78, 5) is 2.33. The molecule has 2 rings (SSSR count). The molecule has 0 amide bonds. The summed E-state index contributed by atoms with van der Waals surface area (Å²) >= 11 is 0. The molecular weight excluding hydrogens is 178 g/mol. The lowest BCUT2D eigenvalue weighted by molar-refractivity contribution is -0.00228. The standard InChI is InChI=1S/C10H17N3O/c1-10-4-7-13(11-10)9-14-8-12-5-2-3-6-12/h4,7H,2-3,5-6,8-9H2,1H3. The molecule has 4 heteroatoms. The van der Waals surface area contributed by atoms with Crippen molar-refractivity contribution in [3.8, 4) is 0 Å². The van der Waals surface area contributed by atoms with Crippen LogP contribution in [-0.4, -0.2) is 34.5 Å². The van der Waals surface area contributed by atoms with Gasteiger partial charge in [-0.1, -0.05) is 0 Å². The lowest BCUT2D eigenvalue weighted by Crippen LogP contribution is -2.23. The Kier molecular flexibility index (Phi) is 3.16. The van der Waals surface area contributed by atoms with Crippen LogP contribution >= 0.6 is 0 Å². The summed E-state index contributed by atoms with van der Waals surface area (Å²) in [5.41, 5.74) is 1.04. The Hall–Kier alpha value is -0.870. The Morgan fingerprint density at radius 3 is 2.79 bits per heavy atom. The third kappa shape index (κ3) is 2.56. The van der Waals surface area contributed by atoms with E-state index in [1.165, 1.54) is 25.9 Å². The Labute approximate surface area is 84.5 Å². The first-order valence-electron chi connectivity index (χ1n) is 5.15. The van der Waals surface area contributed by atoms with Gasteiger partial charge in [-0.05, 0) is 25.8 Å². The second-order valence-electron chi connectivity index (χ2n) is 3.78. The molecule has 14 heavy (non-hydrogen) atoms. The maximum Gasteiger partial charge on any atom is 0.141 e. The molecule has 2 heterocycles. The maximum absolute atomic E-state index is 5.54. The van der Waals surface area contributed by atoms with E-state index in [2.05, 4.69) is 10.00 Å². The van der Waals surface area contributed by atoms with Gasteiger partial charge in [0, 0.05) is 19.3 Å². The summed E-state index contributed by atoms with van der Waals surface area (Å²) < 4.78 is 7.37. The lowest BCUT2D eigenvalue weighted by atomic mass is 10.4. The molecule has 0 bridgehead atoms. The number of hydrogen-bond donors (Lipinski definition) is 0. The summed E-state index contributed by atoms with van der Waals surface area (Å²) in [7, 11) is 0. The van der Waals surface area contributed by atoms with Crippen LogP contribution in [0.3, 0.4) is 0 Å². The first-order chi connectivity index (χ1) is 6.84. The van der Waals surface area contributed by atoms with Gasteiger partial charge < -0.3 is 4.74 Å². The molecule has 1 aliphatic rings. The van der Waals surface area contributed by atoms with E-state index in [0.29, 0.717) is 6.73 Å². The van der Waals surface area contributed by atoms with Crippen molar-refractivity contribution in [3.63, 3.8) is 0 Å². The average Bonchev–Trinajstić information content (AvgIpc) is 2.77. The predicted molar refractivity (Wildman–Crippen MR) is 53.7 cm³/mol. The van der Waals surface area contributed by atoms with Crippen molar-refractivity contribution in [2.45, 2.75) is 26.5 Å². The van der Waals surface area contributed by atoms with E-state index in [4.69, 9.17) is 4.74 Å². The van der Waals surface area contributed by atoms with Gasteiger partial charge in [0.05, 0.1) is 5.69 Å². The average molecular weight is 195 g/mol. The van der Waals surface area contributed by atoms with Crippen molar-refractivity contribution < 1.29 is 4.74 Å². The van der Waals surface area contributed by atoms with Gasteiger partial charge in [-0.3, -0.25) is 4.90 Å². The molecule has 0 aliphatic carbocycles. The zero-order valence-electron chi connectivity index (χ0n) is 8.65. The van der Waals surface area contributed by atoms with Crippen LogP contribution in [0.2, 0.25) is 0 Å². The molecular formula is C10H17N3O. The molecule has 78 valence electrons. The fraction of sp³-hybridized carbons (Fsp3) is 0.700. The van der Waals surface area contributed by atoms with Gasteiger partial charge in [0.1, 0.15) is 13.5 Å². The van der Waals surface area contributed by atoms with Crippen LogP contribution < -0.4 is 0 Å². The number of aromatic nitrogens is 2. The Balaban J connectivity index is 1.67. The van der Waals surface area contributed by atoms with Crippen LogP contribution in [0, 0.1) is 6.92 Å². The molecule has 0 spiro atoms. The first-order valence-corrected chi connectivity index (χ1v) is 5.15. The molecule has 4 nitrogen and oxygen atoms in total. The minimum atomic E-state index is 0.560. The first kappa shape index (κ1) is 9.68. The lowest BCUT2D eigenvalue weighted by Gasteiger charge is -2.14. The van der Waals surface area contributed by atoms with Crippen molar-refractivity contribution in [1.82, 2.24) is 14.7 Å². The Morgan fingerprint density at radius 2 is 2.14 bits per heavy atom. The highest BCUT2D eigenvalue weighted by Crippen LogP contribution is 2.06. The van der Waals surface area contributed by atoms with Crippen molar-refractivity contribution in [2.24, 2.45) is 0 Å². The summed E-state index contributed by atoms with van der Waals surface area (Å²) in [6, 6.07) is 1.99. The number of nitrogens with zero attached hydrogens (tertiary/aromatic N) is 3. The second-order valence-corrected chi connectivity index (χ2v) is 3.78. The van der Waals surface area contributed by atoms with Crippen LogP contribution in [0.4, 0.5) is 0 Å². The summed E-state index contributed by atoms with van der Waals surface area (Å²) in [6.07, 6.45) is 4.56. The highest BCUT2D eigenvalue weighted by atomic mass is 16.5. The fourth-order valence-electron chi connectivity index (χ4n) is 1.71. The number of likely N-dealkylation sites (tertiary alicyclic amines) is 1. The van der Waals surface area contributed by atoms with E-state index in [-0.39, 0.29) is 0 Å². The Morgan fingerprint density at radius 1 is 1.36 bits per heavy atom. The van der Waals surface area contributed by atoms with E-state index in [9.17, 15) is 0 Å². The molecule has 1 aliphatic heterocycles. The van der Waals surface area contributed by atoms with E-state index in [1.807, 2.05) is 23.9 Å². The summed E-state index contributed by atoms with van der Waals surface area (Å²) in [5.74, 6) is 0. The molecule has 0 unspecified atom stereocenters. The topological polar surface area (TPSA) is 30.3 Å². The quantitative estimate of drug-likeness (QED) is 0.723. The number of ether oxygens (including phenoxy) is 1. The molecule has 1 fully saturated rings. The highest BCUT2D eigenvalue weighted by Gasteiger charge is 2.10. The zero-order valence-corrected chi connectivity index (χ0v) is 8.65. The molecule has 0 aromatic carbocycles. The van der Waals surface area contributed by atoms with Gasteiger partial charge in [-0.2, -0.15) is 5.10 Å². The van der Waals surface area contributed by atoms with Crippen molar-refractivity contribution in [3.05, 3.63) is 18.0 Å². The van der Waals surface area contributed by atoms with E-state index in [1.54, 1.807) is 0 Å². The zero-order chi connectivity index (χ0) is 9.80. The van der Waals surface area contributed by atoms with Crippen LogP contribution in [0.15, 0.2) is 12.3 Å². The van der Waals surface area contributed by atoms with Crippen molar-refractivity contribution in [1.29, 1.82) is 0 Å². The van der Waals surface area contributed by atoms with Gasteiger partial charge in [0.2, 0.25) is 0 Å². The maximum atomic E-state index is 5.54. The molecule has 0 radical (unpaired) electrons. The highest BCUT2D eigenvalue weighted by molar-refractivity contribution is 4.94. The smallest absolute Gasteiger partial charge is 0.141 e. The second kappa shape index (κ2) is 4.57. The predicted octanol–water partition coefficient (Wildman–Crippen LogP) is 1.22. The molecule has 1 saturated heterocycles. The van der Waals surface area contributed by atoms with Gasteiger partial charge in [0.15, 0.2) is 0 Å². The van der Waals surface area contributed by atoms with Gasteiger partial charge in [-0.25, -0.2) is 4.68 Å². The number of rotatable bonds is 4. The normalized spacial score (nSPS) is 17.8. The molecule has 0 atom stereocenters. The molecule has 0 N–H and O–H groups in total. The monoisotopic (exact) mass is 195 g/mol. The van der Waals surface area contributed by atoms with Crippen molar-refractivity contribution >= 4 is 0 Å². The van der Waals surface area contributed by atoms with E-state index < -0.39 is 0 Å². The largest absolute Gasteiger partial charge is 0.344 e. The van der Waals surface area contributed by atoms with Crippen LogP contribution in [0.1, 0.15) is 18.5 Å². The third-order valence-corrected chi connectivity index (χ3v) is 2.47. The number of aryl methyl sites for hydroxylation is 1. The summed E-state index contributed by atoms with van der Waals surface area (Å²) in [6.45, 7) is 5.64. The number of hydrogen-bond acceptors (Lipinski definition) is 3. The van der Waals surface area contributed by atoms with Gasteiger partial charge in [0.25, 0.3) is 0 Å². The van der Waals surface area contributed by atoms with Gasteiger partial charge >= 0.3 is 0 Å².